The van der Waals surface area contributed by atoms with E-state index in [1.165, 1.54) is 17.2 Å². The molecule has 2 aromatic carbocycles. The molecule has 31 heavy (non-hydrogen) atoms. The number of ketones is 1. The maximum atomic E-state index is 13.0. The molecule has 0 aliphatic carbocycles. The summed E-state index contributed by atoms with van der Waals surface area (Å²) in [5, 5.41) is 11.4. The van der Waals surface area contributed by atoms with Crippen molar-refractivity contribution in [2.75, 3.05) is 6.79 Å². The Morgan fingerprint density at radius 2 is 1.90 bits per heavy atom. The molecule has 1 fully saturated rings. The SMILES string of the molecule is O=C1C(=O)N(Cc2ccc3c(c2)OCO3)C(c2ccco2)/C1=C(/O)c1cccc(Cl)c1. The molecule has 3 aromatic rings. The third kappa shape index (κ3) is 3.33. The van der Waals surface area contributed by atoms with Crippen LogP contribution in [0, 0.1) is 0 Å². The Labute approximate surface area is 182 Å². The van der Waals surface area contributed by atoms with Gasteiger partial charge in [0.05, 0.1) is 11.8 Å². The molecule has 1 amide bonds. The molecule has 1 saturated heterocycles. The lowest BCUT2D eigenvalue weighted by Gasteiger charge is -2.23. The van der Waals surface area contributed by atoms with Crippen LogP contribution < -0.4 is 9.47 Å². The zero-order valence-electron chi connectivity index (χ0n) is 16.1. The van der Waals surface area contributed by atoms with Crippen molar-refractivity contribution < 1.29 is 28.6 Å². The molecule has 5 rings (SSSR count). The van der Waals surface area contributed by atoms with Gasteiger partial charge in [-0.25, -0.2) is 0 Å². The molecule has 8 heteroatoms. The van der Waals surface area contributed by atoms with Gasteiger partial charge in [0.2, 0.25) is 6.79 Å². The summed E-state index contributed by atoms with van der Waals surface area (Å²) in [6.45, 7) is 0.244. The number of amides is 1. The van der Waals surface area contributed by atoms with Crippen LogP contribution in [-0.2, 0) is 16.1 Å². The second kappa shape index (κ2) is 7.52. The summed E-state index contributed by atoms with van der Waals surface area (Å²) in [4.78, 5) is 27.3. The molecule has 156 valence electrons. The standard InChI is InChI=1S/C23H16ClNO6/c24-15-4-1-3-14(10-15)21(26)19-20(17-5-2-8-29-17)25(23(28)22(19)27)11-13-6-7-16-18(9-13)31-12-30-16/h1-10,20,26H,11-12H2/b21-19-. The topological polar surface area (TPSA) is 89.2 Å². The molecule has 3 heterocycles. The van der Waals surface area contributed by atoms with Gasteiger partial charge in [-0.15, -0.1) is 0 Å². The van der Waals surface area contributed by atoms with Crippen LogP contribution in [-0.4, -0.2) is 28.5 Å². The van der Waals surface area contributed by atoms with Crippen LogP contribution in [0.4, 0.5) is 0 Å². The number of likely N-dealkylation sites (tertiary alicyclic amines) is 1. The minimum absolute atomic E-state index is 0.0528. The largest absolute Gasteiger partial charge is 0.507 e. The Kier molecular flexibility index (Phi) is 4.67. The Morgan fingerprint density at radius 1 is 1.06 bits per heavy atom. The fourth-order valence-electron chi connectivity index (χ4n) is 3.81. The fraction of sp³-hybridized carbons (Fsp3) is 0.130. The van der Waals surface area contributed by atoms with E-state index in [0.717, 1.165) is 5.56 Å². The molecule has 2 aliphatic heterocycles. The van der Waals surface area contributed by atoms with Gasteiger partial charge in [0.15, 0.2) is 11.5 Å². The molecule has 2 aliphatic rings. The first-order chi connectivity index (χ1) is 15.0. The number of Topliss-reactive ketones (excluding diaryl/α,β-unsaturated/α-hetero) is 1. The number of furan rings is 1. The van der Waals surface area contributed by atoms with Gasteiger partial charge >= 0.3 is 0 Å². The van der Waals surface area contributed by atoms with Gasteiger partial charge in [-0.05, 0) is 42.0 Å². The molecule has 1 unspecified atom stereocenters. The Balaban J connectivity index is 1.59. The number of aliphatic hydroxyl groups excluding tert-OH is 1. The van der Waals surface area contributed by atoms with Crippen molar-refractivity contribution in [2.45, 2.75) is 12.6 Å². The van der Waals surface area contributed by atoms with Gasteiger partial charge in [0.25, 0.3) is 11.7 Å². The van der Waals surface area contributed by atoms with E-state index in [9.17, 15) is 14.7 Å². The number of benzene rings is 2. The number of carbonyl (C=O) groups is 2. The summed E-state index contributed by atoms with van der Waals surface area (Å²) in [6, 6.07) is 14.2. The maximum Gasteiger partial charge on any atom is 0.296 e. The number of fused-ring (bicyclic) bond motifs is 1. The predicted octanol–water partition coefficient (Wildman–Crippen LogP) is 4.28. The normalized spacial score (nSPS) is 19.3. The minimum Gasteiger partial charge on any atom is -0.507 e. The molecular formula is C23H16ClNO6. The van der Waals surface area contributed by atoms with Gasteiger partial charge in [-0.1, -0.05) is 29.8 Å². The van der Waals surface area contributed by atoms with Crippen LogP contribution in [0.1, 0.15) is 22.9 Å². The van der Waals surface area contributed by atoms with Crippen molar-refractivity contribution >= 4 is 29.1 Å². The van der Waals surface area contributed by atoms with Crippen molar-refractivity contribution in [1.82, 2.24) is 4.90 Å². The van der Waals surface area contributed by atoms with Gasteiger partial charge in [-0.2, -0.15) is 0 Å². The summed E-state index contributed by atoms with van der Waals surface area (Å²) in [6.07, 6.45) is 1.45. The van der Waals surface area contributed by atoms with Crippen LogP contribution in [0.15, 0.2) is 70.9 Å². The molecular weight excluding hydrogens is 422 g/mol. The number of halogens is 1. The molecule has 0 saturated carbocycles. The highest BCUT2D eigenvalue weighted by Gasteiger charge is 2.47. The zero-order valence-corrected chi connectivity index (χ0v) is 16.8. The van der Waals surface area contributed by atoms with E-state index in [1.54, 1.807) is 48.5 Å². The highest BCUT2D eigenvalue weighted by Crippen LogP contribution is 2.41. The third-order valence-electron chi connectivity index (χ3n) is 5.24. The molecule has 0 bridgehead atoms. The average Bonchev–Trinajstić information content (AvgIpc) is 3.50. The predicted molar refractivity (Wildman–Crippen MR) is 111 cm³/mol. The first kappa shape index (κ1) is 19.3. The second-order valence-corrected chi connectivity index (χ2v) is 7.58. The molecule has 1 aromatic heterocycles. The number of ether oxygens (including phenoxy) is 2. The van der Waals surface area contributed by atoms with Crippen LogP contribution in [0.2, 0.25) is 5.02 Å². The van der Waals surface area contributed by atoms with Gasteiger partial charge < -0.3 is 23.9 Å². The molecule has 0 spiro atoms. The number of carbonyl (C=O) groups excluding carboxylic acids is 2. The lowest BCUT2D eigenvalue weighted by molar-refractivity contribution is -0.140. The van der Waals surface area contributed by atoms with Crippen LogP contribution in [0.5, 0.6) is 11.5 Å². The van der Waals surface area contributed by atoms with E-state index in [0.29, 0.717) is 27.8 Å². The fourth-order valence-corrected chi connectivity index (χ4v) is 4.00. The van der Waals surface area contributed by atoms with E-state index >= 15 is 0 Å². The van der Waals surface area contributed by atoms with Gasteiger partial charge in [0.1, 0.15) is 17.6 Å². The van der Waals surface area contributed by atoms with Gasteiger partial charge in [0, 0.05) is 17.1 Å². The molecule has 0 radical (unpaired) electrons. The summed E-state index contributed by atoms with van der Waals surface area (Å²) in [7, 11) is 0. The Hall–Kier alpha value is -3.71. The van der Waals surface area contributed by atoms with Crippen molar-refractivity contribution in [3.8, 4) is 11.5 Å². The van der Waals surface area contributed by atoms with Crippen molar-refractivity contribution in [2.24, 2.45) is 0 Å². The lowest BCUT2D eigenvalue weighted by atomic mass is 9.99. The number of hydrogen-bond donors (Lipinski definition) is 1. The van der Waals surface area contributed by atoms with Crippen molar-refractivity contribution in [3.05, 3.63) is 88.3 Å². The van der Waals surface area contributed by atoms with Gasteiger partial charge in [-0.3, -0.25) is 9.59 Å². The first-order valence-electron chi connectivity index (χ1n) is 9.49. The van der Waals surface area contributed by atoms with Crippen LogP contribution in [0.3, 0.4) is 0 Å². The van der Waals surface area contributed by atoms with Crippen LogP contribution >= 0.6 is 11.6 Å². The number of aliphatic hydroxyl groups is 1. The van der Waals surface area contributed by atoms with E-state index in [2.05, 4.69) is 0 Å². The minimum atomic E-state index is -0.889. The monoisotopic (exact) mass is 437 g/mol. The Morgan fingerprint density at radius 3 is 2.68 bits per heavy atom. The zero-order chi connectivity index (χ0) is 21.5. The van der Waals surface area contributed by atoms with Crippen molar-refractivity contribution in [1.29, 1.82) is 0 Å². The quantitative estimate of drug-likeness (QED) is 0.372. The number of hydrogen-bond acceptors (Lipinski definition) is 6. The maximum absolute atomic E-state index is 13.0. The highest BCUT2D eigenvalue weighted by atomic mass is 35.5. The molecule has 1 atom stereocenters. The summed E-state index contributed by atoms with van der Waals surface area (Å²) in [5.74, 6) is -0.280. The second-order valence-electron chi connectivity index (χ2n) is 7.14. The third-order valence-corrected chi connectivity index (χ3v) is 5.48. The number of nitrogens with zero attached hydrogens (tertiary/aromatic N) is 1. The summed E-state index contributed by atoms with van der Waals surface area (Å²) < 4.78 is 16.3. The van der Waals surface area contributed by atoms with Crippen LogP contribution in [0.25, 0.3) is 5.76 Å². The summed E-state index contributed by atoms with van der Waals surface area (Å²) in [5.41, 5.74) is 1.03. The molecule has 7 nitrogen and oxygen atoms in total. The van der Waals surface area contributed by atoms with E-state index in [-0.39, 0.29) is 24.7 Å². The van der Waals surface area contributed by atoms with E-state index in [1.807, 2.05) is 0 Å². The average molecular weight is 438 g/mol. The highest BCUT2D eigenvalue weighted by molar-refractivity contribution is 6.46. The molecule has 1 N–H and O–H groups in total. The first-order valence-corrected chi connectivity index (χ1v) is 9.87. The smallest absolute Gasteiger partial charge is 0.296 e. The summed E-state index contributed by atoms with van der Waals surface area (Å²) >= 11 is 6.04. The van der Waals surface area contributed by atoms with E-state index < -0.39 is 17.7 Å². The van der Waals surface area contributed by atoms with Crippen molar-refractivity contribution in [3.63, 3.8) is 0 Å². The van der Waals surface area contributed by atoms with E-state index in [4.69, 9.17) is 25.5 Å². The Bertz CT molecular complexity index is 1220. The lowest BCUT2D eigenvalue weighted by Crippen LogP contribution is -2.29. The number of rotatable bonds is 4.